The lowest BCUT2D eigenvalue weighted by Gasteiger charge is -2.12. The highest BCUT2D eigenvalue weighted by Gasteiger charge is 2.22. The van der Waals surface area contributed by atoms with Gasteiger partial charge in [-0.05, 0) is 40.2 Å². The Kier molecular flexibility index (Phi) is 5.50. The average molecular weight is 458 g/mol. The molecule has 28 heavy (non-hydrogen) atoms. The number of rotatable bonds is 5. The summed E-state index contributed by atoms with van der Waals surface area (Å²) in [5.74, 6) is -5.12. The molecule has 0 amide bonds. The zero-order valence-electron chi connectivity index (χ0n) is 13.6. The molecule has 0 radical (unpaired) electrons. The van der Waals surface area contributed by atoms with Crippen LogP contribution < -0.4 is 9.47 Å². The summed E-state index contributed by atoms with van der Waals surface area (Å²) < 4.78 is 64.3. The Bertz CT molecular complexity index is 1080. The first-order valence-electron chi connectivity index (χ1n) is 7.48. The van der Waals surface area contributed by atoms with E-state index in [0.29, 0.717) is 12.1 Å². The van der Waals surface area contributed by atoms with Crippen LogP contribution in [0.1, 0.15) is 0 Å². The molecule has 5 nitrogen and oxygen atoms in total. The van der Waals surface area contributed by atoms with Gasteiger partial charge in [-0.1, -0.05) is 0 Å². The molecule has 0 heterocycles. The molecule has 0 saturated heterocycles. The summed E-state index contributed by atoms with van der Waals surface area (Å²) in [5, 5.41) is 11.3. The van der Waals surface area contributed by atoms with Gasteiger partial charge in [0.1, 0.15) is 17.4 Å². The van der Waals surface area contributed by atoms with E-state index in [1.807, 2.05) is 0 Å². The number of benzene rings is 3. The van der Waals surface area contributed by atoms with Gasteiger partial charge < -0.3 is 9.47 Å². The first-order valence-corrected chi connectivity index (χ1v) is 8.27. The van der Waals surface area contributed by atoms with Crippen molar-refractivity contribution in [2.24, 2.45) is 0 Å². The Labute approximate surface area is 163 Å². The van der Waals surface area contributed by atoms with Crippen molar-refractivity contribution in [3.63, 3.8) is 0 Å². The minimum Gasteiger partial charge on any atom is -0.453 e. The fraction of sp³-hybridized carbons (Fsp3) is 0. The van der Waals surface area contributed by atoms with Crippen LogP contribution >= 0.6 is 15.9 Å². The molecule has 10 heteroatoms. The smallest absolute Gasteiger partial charge is 0.312 e. The largest absolute Gasteiger partial charge is 0.453 e. The third-order valence-corrected chi connectivity index (χ3v) is 4.06. The fourth-order valence-electron chi connectivity index (χ4n) is 2.18. The van der Waals surface area contributed by atoms with Crippen LogP contribution in [0.4, 0.5) is 23.2 Å². The molecule has 0 atom stereocenters. The molecule has 0 fully saturated rings. The quantitative estimate of drug-likeness (QED) is 0.249. The van der Waals surface area contributed by atoms with Gasteiger partial charge in [0.2, 0.25) is 5.75 Å². The van der Waals surface area contributed by atoms with E-state index < -0.39 is 45.4 Å². The van der Waals surface area contributed by atoms with Gasteiger partial charge in [-0.3, -0.25) is 10.1 Å². The lowest BCUT2D eigenvalue weighted by atomic mass is 10.2. The Hall–Kier alpha value is -3.14. The van der Waals surface area contributed by atoms with Gasteiger partial charge in [-0.15, -0.1) is 0 Å². The lowest BCUT2D eigenvalue weighted by molar-refractivity contribution is -0.385. The van der Waals surface area contributed by atoms with E-state index in [2.05, 4.69) is 15.9 Å². The standard InChI is InChI=1S/C18H8BrF4NO4/c19-11-7-14(24(25)26)18(28-16-4-2-10(21)6-13(16)23)8-17(11)27-15-3-1-9(20)5-12(15)22/h1-8H. The van der Waals surface area contributed by atoms with Gasteiger partial charge in [0.15, 0.2) is 23.1 Å². The maximum absolute atomic E-state index is 13.8. The molecule has 0 aliphatic carbocycles. The van der Waals surface area contributed by atoms with Crippen molar-refractivity contribution in [1.29, 1.82) is 0 Å². The average Bonchev–Trinajstić information content (AvgIpc) is 2.61. The third kappa shape index (κ3) is 4.22. The highest BCUT2D eigenvalue weighted by atomic mass is 79.9. The summed E-state index contributed by atoms with van der Waals surface area (Å²) in [7, 11) is 0. The third-order valence-electron chi connectivity index (χ3n) is 3.44. The van der Waals surface area contributed by atoms with Crippen LogP contribution in [0.3, 0.4) is 0 Å². The molecule has 0 N–H and O–H groups in total. The lowest BCUT2D eigenvalue weighted by Crippen LogP contribution is -1.97. The number of hydrogen-bond donors (Lipinski definition) is 0. The maximum atomic E-state index is 13.8. The number of nitro groups is 1. The number of nitro benzene ring substituents is 1. The van der Waals surface area contributed by atoms with Crippen LogP contribution in [0.2, 0.25) is 0 Å². The van der Waals surface area contributed by atoms with Crippen molar-refractivity contribution in [3.05, 3.63) is 86.4 Å². The molecule has 0 bridgehead atoms. The summed E-state index contributed by atoms with van der Waals surface area (Å²) >= 11 is 3.05. The molecular formula is C18H8BrF4NO4. The molecule has 0 spiro atoms. The van der Waals surface area contributed by atoms with Crippen molar-refractivity contribution in [1.82, 2.24) is 0 Å². The van der Waals surface area contributed by atoms with Gasteiger partial charge in [0.25, 0.3) is 0 Å². The topological polar surface area (TPSA) is 61.6 Å². The molecule has 0 aliphatic rings. The summed E-state index contributed by atoms with van der Waals surface area (Å²) in [5.41, 5.74) is -0.553. The van der Waals surface area contributed by atoms with E-state index >= 15 is 0 Å². The molecule has 0 saturated carbocycles. The van der Waals surface area contributed by atoms with Crippen molar-refractivity contribution >= 4 is 21.6 Å². The molecule has 0 aromatic heterocycles. The SMILES string of the molecule is O=[N+]([O-])c1cc(Br)c(Oc2ccc(F)cc2F)cc1Oc1ccc(F)cc1F. The number of ether oxygens (including phenoxy) is 2. The minimum absolute atomic E-state index is 0.0647. The van der Waals surface area contributed by atoms with E-state index in [1.54, 1.807) is 0 Å². The van der Waals surface area contributed by atoms with Crippen LogP contribution in [0.5, 0.6) is 23.0 Å². The normalized spacial score (nSPS) is 10.6. The Morgan fingerprint density at radius 1 is 0.750 bits per heavy atom. The molecule has 0 aliphatic heterocycles. The van der Waals surface area contributed by atoms with E-state index in [9.17, 15) is 27.7 Å². The summed E-state index contributed by atoms with van der Waals surface area (Å²) in [4.78, 5) is 10.5. The second kappa shape index (κ2) is 7.85. The van der Waals surface area contributed by atoms with Gasteiger partial charge in [-0.25, -0.2) is 17.6 Å². The highest BCUT2D eigenvalue weighted by Crippen LogP contribution is 2.42. The molecule has 3 rings (SSSR count). The van der Waals surface area contributed by atoms with E-state index in [-0.39, 0.29) is 16.0 Å². The first kappa shape index (κ1) is 19.6. The molecule has 3 aromatic rings. The van der Waals surface area contributed by atoms with Crippen molar-refractivity contribution < 1.29 is 32.0 Å². The predicted octanol–water partition coefficient (Wildman–Crippen LogP) is 6.50. The van der Waals surface area contributed by atoms with E-state index in [4.69, 9.17) is 9.47 Å². The molecule has 3 aromatic carbocycles. The zero-order valence-corrected chi connectivity index (χ0v) is 15.2. The summed E-state index contributed by atoms with van der Waals surface area (Å²) in [6.07, 6.45) is 0. The van der Waals surface area contributed by atoms with Crippen LogP contribution in [0, 0.1) is 33.4 Å². The van der Waals surface area contributed by atoms with Crippen LogP contribution in [0.15, 0.2) is 53.0 Å². The van der Waals surface area contributed by atoms with E-state index in [0.717, 1.165) is 36.4 Å². The minimum atomic E-state index is -1.08. The molecule has 0 unspecified atom stereocenters. The van der Waals surface area contributed by atoms with Crippen molar-refractivity contribution in [2.45, 2.75) is 0 Å². The molecule has 144 valence electrons. The summed E-state index contributed by atoms with van der Waals surface area (Å²) in [6, 6.07) is 7.03. The van der Waals surface area contributed by atoms with Crippen molar-refractivity contribution in [3.8, 4) is 23.0 Å². The van der Waals surface area contributed by atoms with Crippen molar-refractivity contribution in [2.75, 3.05) is 0 Å². The number of halogens is 5. The second-order valence-electron chi connectivity index (χ2n) is 5.36. The van der Waals surface area contributed by atoms with Crippen LogP contribution in [0.25, 0.3) is 0 Å². The number of hydrogen-bond acceptors (Lipinski definition) is 4. The van der Waals surface area contributed by atoms with Crippen LogP contribution in [-0.2, 0) is 0 Å². The Morgan fingerprint density at radius 3 is 1.71 bits per heavy atom. The van der Waals surface area contributed by atoms with Gasteiger partial charge in [0.05, 0.1) is 9.40 Å². The zero-order chi connectivity index (χ0) is 20.4. The van der Waals surface area contributed by atoms with Gasteiger partial charge >= 0.3 is 5.69 Å². The summed E-state index contributed by atoms with van der Waals surface area (Å²) in [6.45, 7) is 0. The monoisotopic (exact) mass is 457 g/mol. The predicted molar refractivity (Wildman–Crippen MR) is 93.7 cm³/mol. The van der Waals surface area contributed by atoms with E-state index in [1.165, 1.54) is 0 Å². The number of nitrogens with zero attached hydrogens (tertiary/aromatic N) is 1. The van der Waals surface area contributed by atoms with Gasteiger partial charge in [-0.2, -0.15) is 0 Å². The highest BCUT2D eigenvalue weighted by molar-refractivity contribution is 9.10. The Balaban J connectivity index is 2.02. The second-order valence-corrected chi connectivity index (χ2v) is 6.22. The molecular weight excluding hydrogens is 450 g/mol. The Morgan fingerprint density at radius 2 is 1.25 bits per heavy atom. The van der Waals surface area contributed by atoms with Crippen LogP contribution in [-0.4, -0.2) is 4.92 Å². The maximum Gasteiger partial charge on any atom is 0.312 e. The fourth-order valence-corrected chi connectivity index (χ4v) is 2.59. The van der Waals surface area contributed by atoms with Gasteiger partial charge in [0, 0.05) is 24.3 Å². The first-order chi connectivity index (χ1) is 13.2.